The predicted molar refractivity (Wildman–Crippen MR) is 294 cm³/mol. The maximum atomic E-state index is 6.43. The molecule has 0 fully saturated rings. The van der Waals surface area contributed by atoms with Crippen LogP contribution in [0.5, 0.6) is 0 Å². The van der Waals surface area contributed by atoms with Crippen LogP contribution in [0.1, 0.15) is 69.8 Å². The molecule has 334 valence electrons. The summed E-state index contributed by atoms with van der Waals surface area (Å²) in [6, 6.07) is 90.8. The lowest BCUT2D eigenvalue weighted by atomic mass is 9.67. The maximum absolute atomic E-state index is 6.43. The molecule has 0 amide bonds. The molecule has 15 rings (SSSR count). The summed E-state index contributed by atoms with van der Waals surface area (Å²) in [7, 11) is 0. The summed E-state index contributed by atoms with van der Waals surface area (Å²) in [6.45, 7) is 4.78. The van der Waals surface area contributed by atoms with Gasteiger partial charge >= 0.3 is 0 Å². The monoisotopic (exact) mass is 905 g/mol. The van der Waals surface area contributed by atoms with Crippen LogP contribution in [0.2, 0.25) is 0 Å². The number of hydrogen-bond donors (Lipinski definition) is 0. The molecular weight excluding hydrogens is 859 g/mol. The molecule has 0 saturated carbocycles. The Hall–Kier alpha value is -8.72. The standard InChI is InChI=1S/C69H47NO/c1-68(2)62-37-29-43-17-9-10-22-50(43)67(62)56-36-32-49(42-63(56)68)70(48-33-38-65-59(41-48)53-25-13-16-28-64(53)71-65)47-31-35-55-58(40-47)57-39-46(30-34-54(57)66(55)44-18-5-3-6-19-44)69(45-20-7-4-8-21-45)60-26-14-11-23-51(60)52-24-12-15-27-61(52)69/h3-42,66H,1-2H3. The largest absolute Gasteiger partial charge is 0.456 e. The van der Waals surface area contributed by atoms with E-state index < -0.39 is 5.41 Å². The summed E-state index contributed by atoms with van der Waals surface area (Å²) in [6.07, 6.45) is 0. The van der Waals surface area contributed by atoms with Crippen molar-refractivity contribution in [1.29, 1.82) is 0 Å². The minimum absolute atomic E-state index is 0.0799. The van der Waals surface area contributed by atoms with Gasteiger partial charge in [0, 0.05) is 39.2 Å². The topological polar surface area (TPSA) is 16.4 Å². The van der Waals surface area contributed by atoms with E-state index in [2.05, 4.69) is 255 Å². The van der Waals surface area contributed by atoms with E-state index in [1.54, 1.807) is 0 Å². The molecule has 71 heavy (non-hydrogen) atoms. The Morgan fingerprint density at radius 2 is 0.958 bits per heavy atom. The molecule has 0 spiro atoms. The Morgan fingerprint density at radius 1 is 0.366 bits per heavy atom. The number of anilines is 3. The molecule has 11 aromatic carbocycles. The van der Waals surface area contributed by atoms with Crippen LogP contribution in [0.4, 0.5) is 17.1 Å². The van der Waals surface area contributed by atoms with Crippen LogP contribution >= 0.6 is 0 Å². The van der Waals surface area contributed by atoms with E-state index in [1.165, 1.54) is 94.2 Å². The quantitative estimate of drug-likeness (QED) is 0.165. The van der Waals surface area contributed by atoms with Gasteiger partial charge in [-0.2, -0.15) is 0 Å². The Labute approximate surface area is 413 Å². The van der Waals surface area contributed by atoms with Gasteiger partial charge in [0.25, 0.3) is 0 Å². The van der Waals surface area contributed by atoms with E-state index in [0.717, 1.165) is 39.0 Å². The molecule has 0 bridgehead atoms. The van der Waals surface area contributed by atoms with Gasteiger partial charge in [-0.3, -0.25) is 0 Å². The fourth-order valence-corrected chi connectivity index (χ4v) is 13.3. The van der Waals surface area contributed by atoms with E-state index in [9.17, 15) is 0 Å². The Bertz CT molecular complexity index is 4110. The summed E-state index contributed by atoms with van der Waals surface area (Å²) in [4.78, 5) is 2.48. The van der Waals surface area contributed by atoms with Crippen molar-refractivity contribution in [2.24, 2.45) is 0 Å². The summed E-state index contributed by atoms with van der Waals surface area (Å²) < 4.78 is 6.43. The Morgan fingerprint density at radius 3 is 1.75 bits per heavy atom. The lowest BCUT2D eigenvalue weighted by Crippen LogP contribution is -2.28. The van der Waals surface area contributed by atoms with E-state index in [0.29, 0.717) is 0 Å². The molecule has 2 heteroatoms. The average Bonchev–Trinajstić information content (AvgIpc) is 4.13. The van der Waals surface area contributed by atoms with Crippen LogP contribution in [-0.4, -0.2) is 0 Å². The summed E-state index contributed by atoms with van der Waals surface area (Å²) in [5.74, 6) is 0.0799. The third-order valence-corrected chi connectivity index (χ3v) is 16.4. The fraction of sp³-hybridized carbons (Fsp3) is 0.0725. The van der Waals surface area contributed by atoms with Crippen LogP contribution < -0.4 is 4.90 Å². The molecule has 3 aliphatic carbocycles. The first kappa shape index (κ1) is 40.2. The highest BCUT2D eigenvalue weighted by molar-refractivity contribution is 6.07. The number of hydrogen-bond acceptors (Lipinski definition) is 2. The van der Waals surface area contributed by atoms with E-state index >= 15 is 0 Å². The van der Waals surface area contributed by atoms with Crippen molar-refractivity contribution in [2.75, 3.05) is 4.90 Å². The molecule has 1 unspecified atom stereocenters. The third-order valence-electron chi connectivity index (χ3n) is 16.4. The van der Waals surface area contributed by atoms with Gasteiger partial charge in [-0.1, -0.05) is 202 Å². The second kappa shape index (κ2) is 14.9. The van der Waals surface area contributed by atoms with Crippen molar-refractivity contribution >= 4 is 49.8 Å². The van der Waals surface area contributed by atoms with Crippen molar-refractivity contribution in [2.45, 2.75) is 30.6 Å². The first-order valence-corrected chi connectivity index (χ1v) is 24.9. The molecule has 1 aromatic heterocycles. The van der Waals surface area contributed by atoms with Gasteiger partial charge in [0.05, 0.1) is 5.41 Å². The molecule has 2 nitrogen and oxygen atoms in total. The number of para-hydroxylation sites is 1. The highest BCUT2D eigenvalue weighted by Crippen LogP contribution is 2.59. The molecular formula is C69H47NO. The number of furan rings is 1. The third kappa shape index (κ3) is 5.59. The number of rotatable bonds is 6. The van der Waals surface area contributed by atoms with Crippen molar-refractivity contribution in [3.63, 3.8) is 0 Å². The highest BCUT2D eigenvalue weighted by Gasteiger charge is 2.47. The highest BCUT2D eigenvalue weighted by atomic mass is 16.3. The molecule has 0 radical (unpaired) electrons. The van der Waals surface area contributed by atoms with Gasteiger partial charge in [0.2, 0.25) is 0 Å². The van der Waals surface area contributed by atoms with E-state index in [1.807, 2.05) is 6.07 Å². The van der Waals surface area contributed by atoms with Crippen LogP contribution in [0.15, 0.2) is 247 Å². The zero-order valence-electron chi connectivity index (χ0n) is 39.5. The van der Waals surface area contributed by atoms with Gasteiger partial charge in [0.1, 0.15) is 11.2 Å². The first-order valence-electron chi connectivity index (χ1n) is 24.9. The predicted octanol–water partition coefficient (Wildman–Crippen LogP) is 18.0. The summed E-state index contributed by atoms with van der Waals surface area (Å²) >= 11 is 0. The average molecular weight is 906 g/mol. The number of fused-ring (bicyclic) bond motifs is 14. The smallest absolute Gasteiger partial charge is 0.135 e. The second-order valence-corrected chi connectivity index (χ2v) is 20.3. The van der Waals surface area contributed by atoms with Crippen LogP contribution in [0.3, 0.4) is 0 Å². The van der Waals surface area contributed by atoms with Crippen molar-refractivity contribution < 1.29 is 4.42 Å². The van der Waals surface area contributed by atoms with Gasteiger partial charge in [-0.15, -0.1) is 0 Å². The van der Waals surface area contributed by atoms with Crippen molar-refractivity contribution in [1.82, 2.24) is 0 Å². The van der Waals surface area contributed by atoms with Crippen LogP contribution in [0, 0.1) is 0 Å². The van der Waals surface area contributed by atoms with Gasteiger partial charge in [-0.05, 0) is 149 Å². The normalized spacial score (nSPS) is 15.3. The molecule has 0 N–H and O–H groups in total. The van der Waals surface area contributed by atoms with Crippen LogP contribution in [0.25, 0.3) is 66.1 Å². The first-order chi connectivity index (χ1) is 35.0. The Balaban J connectivity index is 0.972. The van der Waals surface area contributed by atoms with Gasteiger partial charge in [0.15, 0.2) is 0 Å². The number of benzene rings is 11. The zero-order chi connectivity index (χ0) is 47.0. The molecule has 0 saturated heterocycles. The fourth-order valence-electron chi connectivity index (χ4n) is 13.3. The van der Waals surface area contributed by atoms with E-state index in [-0.39, 0.29) is 11.3 Å². The van der Waals surface area contributed by atoms with Crippen LogP contribution in [-0.2, 0) is 10.8 Å². The van der Waals surface area contributed by atoms with Gasteiger partial charge < -0.3 is 9.32 Å². The molecule has 3 aliphatic rings. The molecule has 1 heterocycles. The second-order valence-electron chi connectivity index (χ2n) is 20.3. The van der Waals surface area contributed by atoms with Crippen molar-refractivity contribution in [3.8, 4) is 33.4 Å². The van der Waals surface area contributed by atoms with Gasteiger partial charge in [-0.25, -0.2) is 0 Å². The molecule has 1 atom stereocenters. The Kier molecular flexibility index (Phi) is 8.43. The minimum atomic E-state index is -0.513. The SMILES string of the molecule is CC1(C)c2cc(N(c3ccc4c(c3)-c3cc(C5(c6ccccc6)c6ccccc6-c6ccccc65)ccc3C4c3ccccc3)c3ccc4oc5ccccc5c4c3)ccc2-c2c1ccc1ccccc21. The van der Waals surface area contributed by atoms with E-state index in [4.69, 9.17) is 4.42 Å². The summed E-state index contributed by atoms with van der Waals surface area (Å²) in [5.41, 5.74) is 24.0. The zero-order valence-corrected chi connectivity index (χ0v) is 39.5. The summed E-state index contributed by atoms with van der Waals surface area (Å²) in [5, 5.41) is 4.80. The minimum Gasteiger partial charge on any atom is -0.456 e. The molecule has 12 aromatic rings. The lowest BCUT2D eigenvalue weighted by Gasteiger charge is -2.34. The maximum Gasteiger partial charge on any atom is 0.135 e. The van der Waals surface area contributed by atoms with Crippen molar-refractivity contribution in [3.05, 3.63) is 293 Å². The number of nitrogens with zero attached hydrogens (tertiary/aromatic N) is 1. The molecule has 0 aliphatic heterocycles. The lowest BCUT2D eigenvalue weighted by molar-refractivity contribution is 0.661.